The Morgan fingerprint density at radius 2 is 1.65 bits per heavy atom. The number of ether oxygens (including phenoxy) is 3. The molecule has 6 saturated carbocycles. The molecule has 12 heteroatoms. The van der Waals surface area contributed by atoms with E-state index in [2.05, 4.69) is 0 Å². The van der Waals surface area contributed by atoms with Crippen LogP contribution in [0.5, 0.6) is 0 Å². The van der Waals surface area contributed by atoms with E-state index in [1.807, 2.05) is 6.92 Å². The lowest BCUT2D eigenvalue weighted by Crippen LogP contribution is -2.59. The first-order valence-electron chi connectivity index (χ1n) is 11.8. The fraction of sp³-hybridized carbons (Fsp3) is 0.864. The summed E-state index contributed by atoms with van der Waals surface area (Å²) in [5.74, 6) is -5.33. The minimum Gasteiger partial charge on any atom is -0.743 e. The molecule has 6 aliphatic carbocycles. The average molecular weight is 503 g/mol. The van der Waals surface area contributed by atoms with Gasteiger partial charge < -0.3 is 18.8 Å². The lowest BCUT2D eigenvalue weighted by Gasteiger charge is -2.59. The highest BCUT2D eigenvalue weighted by Gasteiger charge is 2.71. The fourth-order valence-electron chi connectivity index (χ4n) is 8.33. The first kappa shape index (κ1) is 22.6. The zero-order valence-corrected chi connectivity index (χ0v) is 19.2. The van der Waals surface area contributed by atoms with Gasteiger partial charge in [0.05, 0.1) is 11.8 Å². The second kappa shape index (κ2) is 6.89. The van der Waals surface area contributed by atoms with Crippen molar-refractivity contribution < 1.29 is 50.3 Å². The third-order valence-corrected chi connectivity index (χ3v) is 10.5. The molecule has 7 rings (SSSR count). The first-order valence-corrected chi connectivity index (χ1v) is 13.2. The van der Waals surface area contributed by atoms with Crippen LogP contribution in [0.3, 0.4) is 0 Å². The summed E-state index contributed by atoms with van der Waals surface area (Å²) in [5.41, 5.74) is -0.676. The number of halogens is 2. The van der Waals surface area contributed by atoms with Gasteiger partial charge in [0.1, 0.15) is 17.8 Å². The van der Waals surface area contributed by atoms with E-state index in [1.165, 1.54) is 6.42 Å². The third-order valence-electron chi connectivity index (χ3n) is 9.69. The van der Waals surface area contributed by atoms with Crippen molar-refractivity contribution in [2.24, 2.45) is 47.3 Å². The second-order valence-corrected chi connectivity index (χ2v) is 12.7. The number of carbonyl (C=O) groups is 3. The highest BCUT2D eigenvalue weighted by atomic mass is 32.2. The summed E-state index contributed by atoms with van der Waals surface area (Å²) in [7, 11) is -6.31. The van der Waals surface area contributed by atoms with Crippen LogP contribution in [-0.2, 0) is 38.7 Å². The Balaban J connectivity index is 1.24. The normalized spacial score (nSPS) is 48.2. The number of alkyl halides is 2. The molecule has 0 aromatic rings. The van der Waals surface area contributed by atoms with Crippen molar-refractivity contribution in [3.63, 3.8) is 0 Å². The molecule has 6 bridgehead atoms. The Hall–Kier alpha value is -1.82. The summed E-state index contributed by atoms with van der Waals surface area (Å²) in [4.78, 5) is 37.9. The van der Waals surface area contributed by atoms with Crippen LogP contribution in [-0.4, -0.2) is 53.9 Å². The maximum Gasteiger partial charge on any atom is 0.428 e. The Morgan fingerprint density at radius 3 is 2.21 bits per heavy atom. The zero-order valence-electron chi connectivity index (χ0n) is 18.4. The van der Waals surface area contributed by atoms with Gasteiger partial charge in [-0.1, -0.05) is 0 Å². The van der Waals surface area contributed by atoms with Gasteiger partial charge >= 0.3 is 23.2 Å². The van der Waals surface area contributed by atoms with Crippen LogP contribution in [0.2, 0.25) is 0 Å². The molecule has 6 atom stereocenters. The summed E-state index contributed by atoms with van der Waals surface area (Å²) in [5, 5.41) is -5.29. The zero-order chi connectivity index (χ0) is 24.4. The van der Waals surface area contributed by atoms with Gasteiger partial charge in [0.15, 0.2) is 10.1 Å². The summed E-state index contributed by atoms with van der Waals surface area (Å²) in [6, 6.07) is 0. The third kappa shape index (κ3) is 2.90. The smallest absolute Gasteiger partial charge is 0.428 e. The number of hydrogen-bond acceptors (Lipinski definition) is 9. The van der Waals surface area contributed by atoms with Crippen LogP contribution in [0.25, 0.3) is 0 Å². The summed E-state index contributed by atoms with van der Waals surface area (Å²) in [6.45, 7) is 1.94. The van der Waals surface area contributed by atoms with E-state index in [9.17, 15) is 36.1 Å². The molecule has 1 aliphatic heterocycles. The van der Waals surface area contributed by atoms with Crippen molar-refractivity contribution in [2.75, 3.05) is 0 Å². The molecule has 0 radical (unpaired) electrons. The van der Waals surface area contributed by atoms with Gasteiger partial charge in [0.2, 0.25) is 0 Å². The molecule has 188 valence electrons. The number of esters is 3. The average Bonchev–Trinajstić information content (AvgIpc) is 3.34. The molecule has 0 N–H and O–H groups in total. The maximum absolute atomic E-state index is 13.7. The Bertz CT molecular complexity index is 1040. The van der Waals surface area contributed by atoms with E-state index >= 15 is 0 Å². The molecule has 0 aromatic carbocycles. The predicted octanol–water partition coefficient (Wildman–Crippen LogP) is 1.60. The van der Waals surface area contributed by atoms with Crippen LogP contribution in [0, 0.1) is 47.3 Å². The molecule has 1 heterocycles. The van der Waals surface area contributed by atoms with Crippen molar-refractivity contribution in [3.05, 3.63) is 0 Å². The van der Waals surface area contributed by atoms with Gasteiger partial charge in [-0.05, 0) is 69.1 Å². The first-order chi connectivity index (χ1) is 15.8. The molecule has 0 aromatic heterocycles. The summed E-state index contributed by atoms with van der Waals surface area (Å²) < 4.78 is 76.1. The van der Waals surface area contributed by atoms with Crippen molar-refractivity contribution >= 4 is 28.0 Å². The molecular weight excluding hydrogens is 478 g/mol. The van der Waals surface area contributed by atoms with Crippen molar-refractivity contribution in [1.29, 1.82) is 0 Å². The molecule has 1 saturated heterocycles. The molecule has 34 heavy (non-hydrogen) atoms. The number of fused-ring (bicyclic) bond motifs is 1. The molecule has 7 fully saturated rings. The van der Waals surface area contributed by atoms with E-state index in [-0.39, 0.29) is 18.3 Å². The number of rotatable bonds is 5. The van der Waals surface area contributed by atoms with Crippen LogP contribution in [0.1, 0.15) is 45.4 Å². The van der Waals surface area contributed by atoms with Gasteiger partial charge in [-0.25, -0.2) is 13.2 Å². The fourth-order valence-corrected chi connectivity index (χ4v) is 8.59. The van der Waals surface area contributed by atoms with Gasteiger partial charge in [0.25, 0.3) is 0 Å². The van der Waals surface area contributed by atoms with Gasteiger partial charge in [-0.3, -0.25) is 9.59 Å². The van der Waals surface area contributed by atoms with Gasteiger partial charge in [0, 0.05) is 11.8 Å². The highest BCUT2D eigenvalue weighted by Crippen LogP contribution is 2.62. The van der Waals surface area contributed by atoms with Crippen molar-refractivity contribution in [3.8, 4) is 0 Å². The van der Waals surface area contributed by atoms with Crippen molar-refractivity contribution in [1.82, 2.24) is 0 Å². The molecular formula is C22H25F2O9S-. The van der Waals surface area contributed by atoms with Gasteiger partial charge in [-0.2, -0.15) is 8.78 Å². The van der Waals surface area contributed by atoms with Crippen LogP contribution < -0.4 is 0 Å². The topological polar surface area (TPSA) is 136 Å². The van der Waals surface area contributed by atoms with E-state index in [0.29, 0.717) is 11.8 Å². The molecule has 0 amide bonds. The summed E-state index contributed by atoms with van der Waals surface area (Å²) >= 11 is 0. The molecule has 9 nitrogen and oxygen atoms in total. The quantitative estimate of drug-likeness (QED) is 0.311. The second-order valence-electron chi connectivity index (χ2n) is 11.3. The lowest BCUT2D eigenvalue weighted by molar-refractivity contribution is -0.211. The lowest BCUT2D eigenvalue weighted by atomic mass is 9.50. The van der Waals surface area contributed by atoms with Crippen LogP contribution in [0.15, 0.2) is 0 Å². The monoisotopic (exact) mass is 503 g/mol. The standard InChI is InChI=1S/C22H26F2O9S/c1-21(10-3-8-2-9(5-10)6-11(21)4-8)33-19(26)15-13-7-12-14(15)18(25)31-16(12)17(13)32-20(27)22(23,24)34(28,29)30/h8-17H,2-7H2,1H3,(H,28,29,30)/p-1. The highest BCUT2D eigenvalue weighted by molar-refractivity contribution is 7.87. The van der Waals surface area contributed by atoms with Crippen molar-refractivity contribution in [2.45, 2.75) is 68.5 Å². The van der Waals surface area contributed by atoms with E-state index in [4.69, 9.17) is 14.2 Å². The summed E-state index contributed by atoms with van der Waals surface area (Å²) in [6.07, 6.45) is 2.87. The minimum absolute atomic E-state index is 0.211. The Morgan fingerprint density at radius 1 is 1.06 bits per heavy atom. The SMILES string of the molecule is CC1(OC(=O)C2C3CC4C(OC(=O)C42)C3OC(=O)C(F)(F)S(=O)(=O)[O-])C2CC3CC(C2)CC1C3. The Labute approximate surface area is 194 Å². The largest absolute Gasteiger partial charge is 0.743 e. The van der Waals surface area contributed by atoms with Gasteiger partial charge in [-0.15, -0.1) is 0 Å². The maximum atomic E-state index is 13.7. The molecule has 7 aliphatic rings. The Kier molecular flexibility index (Phi) is 4.59. The van der Waals surface area contributed by atoms with E-state index in [1.54, 1.807) is 0 Å². The minimum atomic E-state index is -6.31. The van der Waals surface area contributed by atoms with Crippen LogP contribution >= 0.6 is 0 Å². The number of carbonyl (C=O) groups excluding carboxylic acids is 3. The van der Waals surface area contributed by atoms with Crippen LogP contribution in [0.4, 0.5) is 8.78 Å². The van der Waals surface area contributed by atoms with E-state index in [0.717, 1.165) is 25.7 Å². The van der Waals surface area contributed by atoms with E-state index < -0.39 is 74.8 Å². The molecule has 0 spiro atoms. The molecule has 6 unspecified atom stereocenters. The predicted molar refractivity (Wildman–Crippen MR) is 105 cm³/mol. The number of hydrogen-bond donors (Lipinski definition) is 0.